The van der Waals surface area contributed by atoms with Gasteiger partial charge in [-0.3, -0.25) is 14.0 Å². The molecule has 1 aliphatic rings. The topological polar surface area (TPSA) is 128 Å². The van der Waals surface area contributed by atoms with Crippen molar-refractivity contribution >= 4 is 29.0 Å². The minimum absolute atomic E-state index is 0.0160. The Morgan fingerprint density at radius 2 is 1.93 bits per heavy atom. The van der Waals surface area contributed by atoms with Crippen molar-refractivity contribution < 1.29 is 36.3 Å². The number of rotatable bonds is 7. The predicted octanol–water partition coefficient (Wildman–Crippen LogP) is 5.44. The van der Waals surface area contributed by atoms with Gasteiger partial charge in [-0.05, 0) is 44.0 Å². The highest BCUT2D eigenvalue weighted by atomic mass is 19.4. The molecule has 1 aliphatic heterocycles. The number of pyridine rings is 1. The number of alkyl halides is 3. The van der Waals surface area contributed by atoms with Crippen molar-refractivity contribution in [2.45, 2.75) is 45.2 Å². The van der Waals surface area contributed by atoms with Crippen LogP contribution in [0.15, 0.2) is 36.7 Å². The lowest BCUT2D eigenvalue weighted by atomic mass is 9.97. The van der Waals surface area contributed by atoms with E-state index in [1.54, 1.807) is 18.7 Å². The molecule has 0 aliphatic carbocycles. The van der Waals surface area contributed by atoms with Crippen molar-refractivity contribution in [1.29, 1.82) is 0 Å². The monoisotopic (exact) mass is 617 g/mol. The molecular formula is C29H28F5N7O3. The van der Waals surface area contributed by atoms with E-state index in [0.717, 1.165) is 30.6 Å². The van der Waals surface area contributed by atoms with Crippen molar-refractivity contribution in [3.8, 4) is 17.0 Å². The molecule has 3 aromatic heterocycles. The fourth-order valence-electron chi connectivity index (χ4n) is 5.28. The number of amides is 2. The van der Waals surface area contributed by atoms with Crippen molar-refractivity contribution in [1.82, 2.24) is 24.3 Å². The number of ether oxygens (including phenoxy) is 1. The Hall–Kier alpha value is -4.82. The number of piperidine rings is 1. The molecule has 0 bridgehead atoms. The molecule has 4 aromatic rings. The van der Waals surface area contributed by atoms with Gasteiger partial charge in [0.15, 0.2) is 0 Å². The van der Waals surface area contributed by atoms with E-state index in [1.807, 2.05) is 0 Å². The molecule has 1 fully saturated rings. The number of benzene rings is 1. The van der Waals surface area contributed by atoms with Crippen molar-refractivity contribution in [3.63, 3.8) is 0 Å². The molecule has 1 aromatic carbocycles. The average molecular weight is 618 g/mol. The van der Waals surface area contributed by atoms with Crippen LogP contribution in [0.3, 0.4) is 0 Å². The molecule has 0 radical (unpaired) electrons. The number of hydrogen-bond donors (Lipinski definition) is 2. The Morgan fingerprint density at radius 3 is 2.64 bits per heavy atom. The van der Waals surface area contributed by atoms with Crippen LogP contribution in [0.5, 0.6) is 5.75 Å². The first-order valence-corrected chi connectivity index (χ1v) is 13.8. The first-order chi connectivity index (χ1) is 20.9. The second-order valence-electron chi connectivity index (χ2n) is 10.1. The average Bonchev–Trinajstić information content (AvgIpc) is 3.41. The number of aromatic nitrogens is 4. The van der Waals surface area contributed by atoms with Crippen LogP contribution in [-0.4, -0.2) is 55.8 Å². The van der Waals surface area contributed by atoms with E-state index in [0.29, 0.717) is 38.4 Å². The summed E-state index contributed by atoms with van der Waals surface area (Å²) < 4.78 is 77.2. The standard InChI is InChI=1S/C29H28F5N7O3/c1-3-23(42)40-9-5-6-15(14-40)27-39-24(25-26(35)37-13-21(31)41(25)27)18-11-19(30)17(12-20(18)44-4-2)28(43)38-22-10-16(7-8-36-22)29(32,33)34/h7-8,10-13,15H,3-6,9,14H2,1-2H3,(H2,35,37)(H,36,38,43). The Bertz CT molecular complexity index is 1740. The molecule has 0 spiro atoms. The van der Waals surface area contributed by atoms with E-state index in [1.165, 1.54) is 4.40 Å². The normalized spacial score (nSPS) is 15.4. The summed E-state index contributed by atoms with van der Waals surface area (Å²) in [5.41, 5.74) is 4.72. The molecule has 1 atom stereocenters. The Balaban J connectivity index is 1.59. The van der Waals surface area contributed by atoms with Gasteiger partial charge >= 0.3 is 6.18 Å². The highest BCUT2D eigenvalue weighted by molar-refractivity contribution is 6.05. The Labute approximate surface area is 248 Å². The number of nitrogen functional groups attached to an aromatic ring is 1. The molecule has 1 unspecified atom stereocenters. The number of anilines is 2. The number of hydrogen-bond acceptors (Lipinski definition) is 7. The van der Waals surface area contributed by atoms with E-state index in [-0.39, 0.29) is 52.6 Å². The van der Waals surface area contributed by atoms with Crippen molar-refractivity contribution in [2.75, 3.05) is 30.7 Å². The summed E-state index contributed by atoms with van der Waals surface area (Å²) in [7, 11) is 0. The van der Waals surface area contributed by atoms with Crippen LogP contribution < -0.4 is 15.8 Å². The molecule has 2 amide bonds. The molecule has 0 saturated carbocycles. The number of nitrogens with zero attached hydrogens (tertiary/aromatic N) is 5. The smallest absolute Gasteiger partial charge is 0.416 e. The molecule has 44 heavy (non-hydrogen) atoms. The molecule has 10 nitrogen and oxygen atoms in total. The quantitative estimate of drug-likeness (QED) is 0.265. The van der Waals surface area contributed by atoms with Crippen LogP contribution in [-0.2, 0) is 11.0 Å². The number of halogens is 5. The second-order valence-corrected chi connectivity index (χ2v) is 10.1. The third-order valence-electron chi connectivity index (χ3n) is 7.31. The summed E-state index contributed by atoms with van der Waals surface area (Å²) in [5.74, 6) is -3.62. The maximum Gasteiger partial charge on any atom is 0.416 e. The zero-order valence-corrected chi connectivity index (χ0v) is 23.7. The molecule has 3 N–H and O–H groups in total. The number of imidazole rings is 1. The molecule has 15 heteroatoms. The van der Waals surface area contributed by atoms with Gasteiger partial charge in [-0.2, -0.15) is 17.6 Å². The summed E-state index contributed by atoms with van der Waals surface area (Å²) in [5, 5.41) is 2.17. The van der Waals surface area contributed by atoms with Crippen molar-refractivity contribution in [2.24, 2.45) is 0 Å². The van der Waals surface area contributed by atoms with E-state index in [4.69, 9.17) is 10.5 Å². The highest BCUT2D eigenvalue weighted by Crippen LogP contribution is 2.40. The van der Waals surface area contributed by atoms with Crippen LogP contribution in [0, 0.1) is 11.8 Å². The zero-order chi connectivity index (χ0) is 31.8. The minimum atomic E-state index is -4.68. The molecule has 5 rings (SSSR count). The van der Waals surface area contributed by atoms with E-state index in [9.17, 15) is 22.8 Å². The number of carbonyl (C=O) groups is 2. The number of likely N-dealkylation sites (tertiary alicyclic amines) is 1. The zero-order valence-electron chi connectivity index (χ0n) is 23.7. The van der Waals surface area contributed by atoms with E-state index < -0.39 is 40.8 Å². The lowest BCUT2D eigenvalue weighted by molar-refractivity contribution is -0.137. The minimum Gasteiger partial charge on any atom is -0.493 e. The maximum absolute atomic E-state index is 15.6. The van der Waals surface area contributed by atoms with Gasteiger partial charge in [0.25, 0.3) is 5.91 Å². The fraction of sp³-hybridized carbons (Fsp3) is 0.345. The van der Waals surface area contributed by atoms with Crippen LogP contribution in [0.25, 0.3) is 16.8 Å². The second kappa shape index (κ2) is 12.1. The fourth-order valence-corrected chi connectivity index (χ4v) is 5.28. The van der Waals surface area contributed by atoms with Gasteiger partial charge < -0.3 is 20.7 Å². The Kier molecular flexibility index (Phi) is 8.39. The molecular weight excluding hydrogens is 589 g/mol. The predicted molar refractivity (Wildman–Crippen MR) is 150 cm³/mol. The third-order valence-corrected chi connectivity index (χ3v) is 7.31. The van der Waals surface area contributed by atoms with Crippen LogP contribution in [0.1, 0.15) is 60.8 Å². The lowest BCUT2D eigenvalue weighted by Crippen LogP contribution is -2.39. The number of carbonyl (C=O) groups excluding carboxylic acids is 2. The van der Waals surface area contributed by atoms with Crippen LogP contribution >= 0.6 is 0 Å². The third kappa shape index (κ3) is 5.85. The van der Waals surface area contributed by atoms with Crippen LogP contribution in [0.4, 0.5) is 33.6 Å². The van der Waals surface area contributed by atoms with Gasteiger partial charge in [0, 0.05) is 37.2 Å². The highest BCUT2D eigenvalue weighted by Gasteiger charge is 2.33. The molecule has 1 saturated heterocycles. The van der Waals surface area contributed by atoms with E-state index in [2.05, 4.69) is 20.3 Å². The summed E-state index contributed by atoms with van der Waals surface area (Å²) in [6, 6.07) is 3.39. The first kappa shape index (κ1) is 30.6. The van der Waals surface area contributed by atoms with E-state index >= 15 is 8.78 Å². The van der Waals surface area contributed by atoms with Gasteiger partial charge in [0.2, 0.25) is 11.9 Å². The first-order valence-electron chi connectivity index (χ1n) is 13.8. The summed E-state index contributed by atoms with van der Waals surface area (Å²) >= 11 is 0. The lowest BCUT2D eigenvalue weighted by Gasteiger charge is -2.32. The number of nitrogens with two attached hydrogens (primary N) is 1. The molecule has 4 heterocycles. The SMILES string of the molecule is CCOc1cc(C(=O)Nc2cc(C(F)(F)F)ccn2)c(F)cc1-c1nc(C2CCCN(C(=O)CC)C2)n2c(F)cnc(N)c12. The van der Waals surface area contributed by atoms with Gasteiger partial charge in [-0.1, -0.05) is 6.92 Å². The largest absolute Gasteiger partial charge is 0.493 e. The number of nitrogens with one attached hydrogen (secondary N) is 1. The van der Waals surface area contributed by atoms with Gasteiger partial charge in [0.1, 0.15) is 40.2 Å². The summed E-state index contributed by atoms with van der Waals surface area (Å²) in [6.45, 7) is 4.33. The maximum atomic E-state index is 15.6. The number of fused-ring (bicyclic) bond motifs is 1. The van der Waals surface area contributed by atoms with Crippen LogP contribution in [0.2, 0.25) is 0 Å². The van der Waals surface area contributed by atoms with Crippen molar-refractivity contribution in [3.05, 3.63) is 65.4 Å². The summed E-state index contributed by atoms with van der Waals surface area (Å²) in [6.07, 6.45) is -1.30. The molecule has 232 valence electrons. The van der Waals surface area contributed by atoms with Gasteiger partial charge in [0.05, 0.1) is 23.9 Å². The van der Waals surface area contributed by atoms with Gasteiger partial charge in [-0.25, -0.2) is 19.3 Å². The Morgan fingerprint density at radius 1 is 1.16 bits per heavy atom. The van der Waals surface area contributed by atoms with Gasteiger partial charge in [-0.15, -0.1) is 0 Å². The summed E-state index contributed by atoms with van der Waals surface area (Å²) in [4.78, 5) is 39.4.